The van der Waals surface area contributed by atoms with Gasteiger partial charge in [-0.05, 0) is 45.8 Å². The van der Waals surface area contributed by atoms with E-state index in [9.17, 15) is 9.90 Å². The summed E-state index contributed by atoms with van der Waals surface area (Å²) < 4.78 is 19.5. The van der Waals surface area contributed by atoms with Crippen molar-refractivity contribution in [3.63, 3.8) is 0 Å². The second-order valence-electron chi connectivity index (χ2n) is 9.00. The van der Waals surface area contributed by atoms with Crippen LogP contribution in [0.5, 0.6) is 0 Å². The van der Waals surface area contributed by atoms with Crippen LogP contribution >= 0.6 is 11.8 Å². The van der Waals surface area contributed by atoms with E-state index in [0.717, 1.165) is 22.4 Å². The number of hydrogen-bond donors (Lipinski definition) is 2. The molecule has 1 saturated heterocycles. The number of anilines is 1. The number of thioether (sulfide) groups is 1. The lowest BCUT2D eigenvalue weighted by atomic mass is 10.0. The second-order valence-corrected chi connectivity index (χ2v) is 9.99. The molecule has 11 heteroatoms. The molecule has 10 nitrogen and oxygen atoms in total. The molecular formula is C29H29N5O5S. The van der Waals surface area contributed by atoms with Gasteiger partial charge in [0.05, 0.1) is 24.5 Å². The van der Waals surface area contributed by atoms with E-state index in [2.05, 4.69) is 27.4 Å². The molecule has 1 amide bonds. The van der Waals surface area contributed by atoms with Crippen molar-refractivity contribution in [3.8, 4) is 5.69 Å². The molecule has 1 aromatic heterocycles. The van der Waals surface area contributed by atoms with Crippen molar-refractivity contribution in [2.24, 2.45) is 0 Å². The number of amides is 1. The molecule has 40 heavy (non-hydrogen) atoms. The van der Waals surface area contributed by atoms with Crippen molar-refractivity contribution >= 4 is 23.5 Å². The summed E-state index contributed by atoms with van der Waals surface area (Å²) in [5.74, 6) is 0.604. The molecule has 1 aliphatic heterocycles. The first-order valence-electron chi connectivity index (χ1n) is 12.7. The van der Waals surface area contributed by atoms with E-state index in [1.54, 1.807) is 16.8 Å². The van der Waals surface area contributed by atoms with Gasteiger partial charge in [0.2, 0.25) is 5.16 Å². The van der Waals surface area contributed by atoms with Crippen LogP contribution in [-0.4, -0.2) is 49.9 Å². The van der Waals surface area contributed by atoms with Gasteiger partial charge in [0.15, 0.2) is 6.29 Å². The van der Waals surface area contributed by atoms with E-state index in [1.807, 2.05) is 66.7 Å². The Kier molecular flexibility index (Phi) is 9.19. The van der Waals surface area contributed by atoms with Gasteiger partial charge in [0.1, 0.15) is 6.61 Å². The molecule has 0 aliphatic carbocycles. The molecule has 3 atom stereocenters. The number of tetrazole rings is 1. The maximum Gasteiger partial charge on any atom is 0.411 e. The Morgan fingerprint density at radius 2 is 1.82 bits per heavy atom. The molecule has 2 heterocycles. The topological polar surface area (TPSA) is 121 Å². The van der Waals surface area contributed by atoms with E-state index in [1.165, 1.54) is 17.8 Å². The summed E-state index contributed by atoms with van der Waals surface area (Å²) in [5.41, 5.74) is 4.11. The van der Waals surface area contributed by atoms with Crippen LogP contribution in [0.3, 0.4) is 0 Å². The van der Waals surface area contributed by atoms with Crippen molar-refractivity contribution in [1.29, 1.82) is 0 Å². The predicted octanol–water partition coefficient (Wildman–Crippen LogP) is 5.23. The number of carbonyl (C=O) groups is 1. The van der Waals surface area contributed by atoms with Crippen LogP contribution < -0.4 is 5.32 Å². The van der Waals surface area contributed by atoms with Crippen LogP contribution in [0, 0.1) is 0 Å². The summed E-state index contributed by atoms with van der Waals surface area (Å²) in [6.07, 6.45) is 0.551. The van der Waals surface area contributed by atoms with Gasteiger partial charge in [-0.2, -0.15) is 4.68 Å². The molecule has 0 unspecified atom stereocenters. The van der Waals surface area contributed by atoms with Crippen molar-refractivity contribution in [1.82, 2.24) is 20.2 Å². The van der Waals surface area contributed by atoms with Crippen LogP contribution in [0.2, 0.25) is 0 Å². The van der Waals surface area contributed by atoms with E-state index < -0.39 is 12.4 Å². The third-order valence-corrected chi connectivity index (χ3v) is 7.27. The highest BCUT2D eigenvalue weighted by Crippen LogP contribution is 2.39. The van der Waals surface area contributed by atoms with Gasteiger partial charge in [-0.1, -0.05) is 79.0 Å². The molecule has 1 fully saturated rings. The van der Waals surface area contributed by atoms with Crippen molar-refractivity contribution in [3.05, 3.63) is 108 Å². The maximum absolute atomic E-state index is 11.9. The number of rotatable bonds is 10. The minimum absolute atomic E-state index is 0.0194. The number of ether oxygens (including phenoxy) is 3. The van der Waals surface area contributed by atoms with Crippen LogP contribution in [-0.2, 0) is 20.8 Å². The second kappa shape index (κ2) is 13.4. The Morgan fingerprint density at radius 3 is 2.55 bits per heavy atom. The zero-order valence-corrected chi connectivity index (χ0v) is 22.4. The van der Waals surface area contributed by atoms with Crippen LogP contribution in [0.1, 0.15) is 35.5 Å². The fourth-order valence-corrected chi connectivity index (χ4v) is 5.11. The number of benzene rings is 3. The lowest BCUT2D eigenvalue weighted by Gasteiger charge is -2.36. The zero-order valence-electron chi connectivity index (χ0n) is 21.6. The number of para-hydroxylation sites is 1. The summed E-state index contributed by atoms with van der Waals surface area (Å²) in [7, 11) is 0. The third kappa shape index (κ3) is 6.93. The highest BCUT2D eigenvalue weighted by molar-refractivity contribution is 7.99. The van der Waals surface area contributed by atoms with Gasteiger partial charge in [-0.25, -0.2) is 4.79 Å². The lowest BCUT2D eigenvalue weighted by molar-refractivity contribution is -0.245. The average Bonchev–Trinajstić information content (AvgIpc) is 3.48. The Hall–Kier alpha value is -4.03. The molecule has 1 aliphatic rings. The molecule has 4 aromatic rings. The number of nitrogens with zero attached hydrogens (tertiary/aromatic N) is 4. The first-order chi connectivity index (χ1) is 19.6. The largest absolute Gasteiger partial charge is 0.445 e. The third-order valence-electron chi connectivity index (χ3n) is 6.22. The molecule has 0 spiro atoms. The Bertz CT molecular complexity index is 1400. The van der Waals surface area contributed by atoms with E-state index in [4.69, 9.17) is 14.2 Å². The van der Waals surface area contributed by atoms with Gasteiger partial charge < -0.3 is 19.3 Å². The van der Waals surface area contributed by atoms with E-state index in [-0.39, 0.29) is 25.4 Å². The van der Waals surface area contributed by atoms with Gasteiger partial charge in [0, 0.05) is 23.4 Å². The number of hydrogen-bond acceptors (Lipinski definition) is 9. The lowest BCUT2D eigenvalue weighted by Crippen LogP contribution is -2.31. The summed E-state index contributed by atoms with van der Waals surface area (Å²) in [5, 5.41) is 25.0. The van der Waals surface area contributed by atoms with Crippen LogP contribution in [0.25, 0.3) is 5.69 Å². The molecular weight excluding hydrogens is 530 g/mol. The first-order valence-corrected chi connectivity index (χ1v) is 13.7. The summed E-state index contributed by atoms with van der Waals surface area (Å²) in [4.78, 5) is 11.9. The summed E-state index contributed by atoms with van der Waals surface area (Å²) >= 11 is 1.52. The van der Waals surface area contributed by atoms with E-state index >= 15 is 0 Å². The van der Waals surface area contributed by atoms with Crippen molar-refractivity contribution in [2.45, 2.75) is 36.7 Å². The fourth-order valence-electron chi connectivity index (χ4n) is 4.20. The van der Waals surface area contributed by atoms with Gasteiger partial charge in [0.25, 0.3) is 0 Å². The summed E-state index contributed by atoms with van der Waals surface area (Å²) in [6, 6.07) is 24.7. The Labute approximate surface area is 236 Å². The molecule has 5 rings (SSSR count). The van der Waals surface area contributed by atoms with Crippen molar-refractivity contribution in [2.75, 3.05) is 17.7 Å². The first kappa shape index (κ1) is 27.5. The normalized spacial score (nSPS) is 18.7. The van der Waals surface area contributed by atoms with Gasteiger partial charge >= 0.3 is 6.09 Å². The minimum atomic E-state index is -0.631. The van der Waals surface area contributed by atoms with Crippen LogP contribution in [0.4, 0.5) is 10.5 Å². The number of aromatic nitrogens is 4. The van der Waals surface area contributed by atoms with Crippen molar-refractivity contribution < 1.29 is 24.1 Å². The smallest absolute Gasteiger partial charge is 0.411 e. The minimum Gasteiger partial charge on any atom is -0.445 e. The highest BCUT2D eigenvalue weighted by Gasteiger charge is 2.32. The molecule has 0 radical (unpaired) electrons. The highest BCUT2D eigenvalue weighted by atomic mass is 32.2. The van der Waals surface area contributed by atoms with Gasteiger partial charge in [-0.15, -0.1) is 5.10 Å². The molecule has 0 saturated carbocycles. The number of carbonyl (C=O) groups excluding carboxylic acids is 1. The molecule has 206 valence electrons. The molecule has 3 aromatic carbocycles. The standard InChI is InChI=1S/C29H29N5O5S/c1-2-16-37-29(36)30-23-14-12-22(13-15-23)27-38-25(17-26(39-27)21-10-8-20(18-35)9-11-21)19-40-28-31-32-33-34(28)24-6-4-3-5-7-24/h2-15,25-27,35H,1,16-19H2,(H,30,36)/t25-,26+,27+/m1/s1. The zero-order chi connectivity index (χ0) is 27.7. The molecule has 0 bridgehead atoms. The molecule has 2 N–H and O–H groups in total. The number of aliphatic hydroxyl groups is 1. The predicted molar refractivity (Wildman–Crippen MR) is 150 cm³/mol. The monoisotopic (exact) mass is 559 g/mol. The number of nitrogens with one attached hydrogen (secondary N) is 1. The van der Waals surface area contributed by atoms with E-state index in [0.29, 0.717) is 23.0 Å². The number of aliphatic hydroxyl groups excluding tert-OH is 1. The quantitative estimate of drug-likeness (QED) is 0.199. The fraction of sp³-hybridized carbons (Fsp3) is 0.241. The van der Waals surface area contributed by atoms with Crippen LogP contribution in [0.15, 0.2) is 96.7 Å². The maximum atomic E-state index is 11.9. The Balaban J connectivity index is 1.31. The summed E-state index contributed by atoms with van der Waals surface area (Å²) in [6.45, 7) is 3.65. The van der Waals surface area contributed by atoms with Gasteiger partial charge in [-0.3, -0.25) is 5.32 Å². The Morgan fingerprint density at radius 1 is 1.07 bits per heavy atom. The average molecular weight is 560 g/mol. The SMILES string of the molecule is C=CCOC(=O)Nc1ccc([C@H]2O[C@@H](CSc3nnnn3-c3ccccc3)C[C@@H](c3ccc(CO)cc3)O2)cc1.